The molecule has 2 rings (SSSR count). The summed E-state index contributed by atoms with van der Waals surface area (Å²) in [5, 5.41) is 9.41. The Bertz CT molecular complexity index is 299. The summed E-state index contributed by atoms with van der Waals surface area (Å²) < 4.78 is 0.958. The molecule has 2 fully saturated rings. The van der Waals surface area contributed by atoms with E-state index in [-0.39, 0.29) is 5.25 Å². The molecule has 1 atom stereocenters. The molecule has 0 amide bonds. The molecule has 1 aliphatic heterocycles. The fraction of sp³-hybridized carbons (Fsp3) is 0.846. The predicted octanol–water partition coefficient (Wildman–Crippen LogP) is 3.57. The van der Waals surface area contributed by atoms with E-state index in [1.165, 1.54) is 44.9 Å². The monoisotopic (exact) mass is 268 g/mol. The smallest absolute Gasteiger partial charge is 0.137 e. The zero-order valence-corrected chi connectivity index (χ0v) is 11.9. The average molecular weight is 268 g/mol. The van der Waals surface area contributed by atoms with Crippen LogP contribution >= 0.6 is 24.0 Å². The molecule has 4 heteroatoms. The van der Waals surface area contributed by atoms with E-state index in [1.807, 2.05) is 0 Å². The number of thioether (sulfide) groups is 1. The Kier molecular flexibility index (Phi) is 5.12. The van der Waals surface area contributed by atoms with Gasteiger partial charge in [0.15, 0.2) is 0 Å². The molecule has 0 aromatic heterocycles. The number of rotatable bonds is 2. The topological polar surface area (TPSA) is 27.0 Å². The van der Waals surface area contributed by atoms with Crippen LogP contribution in [0.3, 0.4) is 0 Å². The lowest BCUT2D eigenvalue weighted by molar-refractivity contribution is 0.370. The molecular weight excluding hydrogens is 248 g/mol. The third-order valence-electron chi connectivity index (χ3n) is 3.80. The standard InChI is InChI=1S/C13H20N2S2/c14-10-12(11-6-2-1-3-7-11)17-13(16)15-8-4-5-9-15/h11-12H,1-9H2/t12-/m0/s1. The summed E-state index contributed by atoms with van der Waals surface area (Å²) in [6.45, 7) is 2.18. The van der Waals surface area contributed by atoms with E-state index >= 15 is 0 Å². The Morgan fingerprint density at radius 3 is 2.41 bits per heavy atom. The van der Waals surface area contributed by atoms with Gasteiger partial charge in [-0.2, -0.15) is 5.26 Å². The average Bonchev–Trinajstić information content (AvgIpc) is 2.90. The first-order valence-electron chi connectivity index (χ1n) is 6.66. The largest absolute Gasteiger partial charge is 0.357 e. The third-order valence-corrected chi connectivity index (χ3v) is 5.55. The van der Waals surface area contributed by atoms with Gasteiger partial charge in [-0.05, 0) is 31.6 Å². The second-order valence-corrected chi connectivity index (χ2v) is 6.80. The van der Waals surface area contributed by atoms with Gasteiger partial charge in [0.25, 0.3) is 0 Å². The highest BCUT2D eigenvalue weighted by Gasteiger charge is 2.27. The Morgan fingerprint density at radius 2 is 1.82 bits per heavy atom. The fourth-order valence-electron chi connectivity index (χ4n) is 2.75. The minimum atomic E-state index is 0.0865. The van der Waals surface area contributed by atoms with Crippen LogP contribution in [0.2, 0.25) is 0 Å². The molecule has 0 unspecified atom stereocenters. The highest BCUT2D eigenvalue weighted by atomic mass is 32.2. The maximum absolute atomic E-state index is 9.32. The minimum absolute atomic E-state index is 0.0865. The van der Waals surface area contributed by atoms with Crippen molar-refractivity contribution in [1.82, 2.24) is 4.90 Å². The molecule has 2 nitrogen and oxygen atoms in total. The summed E-state index contributed by atoms with van der Waals surface area (Å²) in [5.74, 6) is 0.569. The summed E-state index contributed by atoms with van der Waals surface area (Å²) in [5.41, 5.74) is 0. The van der Waals surface area contributed by atoms with Crippen molar-refractivity contribution in [1.29, 1.82) is 5.26 Å². The molecular formula is C13H20N2S2. The van der Waals surface area contributed by atoms with Gasteiger partial charge in [-0.3, -0.25) is 0 Å². The van der Waals surface area contributed by atoms with Crippen molar-refractivity contribution in [2.75, 3.05) is 13.1 Å². The summed E-state index contributed by atoms with van der Waals surface area (Å²) >= 11 is 7.11. The van der Waals surface area contributed by atoms with E-state index in [0.717, 1.165) is 17.4 Å². The van der Waals surface area contributed by atoms with Crippen LogP contribution in [-0.2, 0) is 0 Å². The lowest BCUT2D eigenvalue weighted by Gasteiger charge is -2.27. The normalized spacial score (nSPS) is 23.4. The molecule has 0 aromatic carbocycles. The van der Waals surface area contributed by atoms with Gasteiger partial charge in [0.2, 0.25) is 0 Å². The molecule has 0 aromatic rings. The molecule has 0 radical (unpaired) electrons. The van der Waals surface area contributed by atoms with Gasteiger partial charge in [0.1, 0.15) is 9.57 Å². The SMILES string of the molecule is N#C[C@H](SC(=S)N1CCCC1)C1CCCCC1. The van der Waals surface area contributed by atoms with Crippen molar-refractivity contribution in [3.05, 3.63) is 0 Å². The molecule has 0 spiro atoms. The molecule has 2 aliphatic rings. The van der Waals surface area contributed by atoms with E-state index in [4.69, 9.17) is 12.2 Å². The predicted molar refractivity (Wildman–Crippen MR) is 77.0 cm³/mol. The van der Waals surface area contributed by atoms with E-state index in [1.54, 1.807) is 11.8 Å². The van der Waals surface area contributed by atoms with Crippen molar-refractivity contribution < 1.29 is 0 Å². The summed E-state index contributed by atoms with van der Waals surface area (Å²) in [6, 6.07) is 2.47. The summed E-state index contributed by atoms with van der Waals surface area (Å²) in [7, 11) is 0. The van der Waals surface area contributed by atoms with Crippen LogP contribution in [0.15, 0.2) is 0 Å². The first-order chi connectivity index (χ1) is 8.31. The van der Waals surface area contributed by atoms with Gasteiger partial charge in [-0.1, -0.05) is 43.2 Å². The van der Waals surface area contributed by atoms with Gasteiger partial charge >= 0.3 is 0 Å². The first kappa shape index (κ1) is 13.2. The molecule has 1 heterocycles. The molecule has 94 valence electrons. The molecule has 1 aliphatic carbocycles. The number of hydrogen-bond donors (Lipinski definition) is 0. The van der Waals surface area contributed by atoms with Crippen molar-refractivity contribution in [2.45, 2.75) is 50.2 Å². The number of nitrogens with zero attached hydrogens (tertiary/aromatic N) is 2. The number of hydrogen-bond acceptors (Lipinski definition) is 3. The van der Waals surface area contributed by atoms with Crippen molar-refractivity contribution in [3.63, 3.8) is 0 Å². The van der Waals surface area contributed by atoms with E-state index < -0.39 is 0 Å². The lowest BCUT2D eigenvalue weighted by Crippen LogP contribution is -2.28. The Morgan fingerprint density at radius 1 is 1.18 bits per heavy atom. The van der Waals surface area contributed by atoms with Gasteiger partial charge in [0.05, 0.1) is 6.07 Å². The van der Waals surface area contributed by atoms with Gasteiger partial charge < -0.3 is 4.90 Å². The van der Waals surface area contributed by atoms with Crippen LogP contribution in [0.4, 0.5) is 0 Å². The second kappa shape index (κ2) is 6.61. The lowest BCUT2D eigenvalue weighted by atomic mass is 9.87. The Hall–Kier alpha value is -0.270. The van der Waals surface area contributed by atoms with Crippen molar-refractivity contribution in [2.24, 2.45) is 5.92 Å². The van der Waals surface area contributed by atoms with Crippen LogP contribution < -0.4 is 0 Å². The van der Waals surface area contributed by atoms with Crippen LogP contribution in [-0.4, -0.2) is 27.6 Å². The molecule has 1 saturated carbocycles. The maximum Gasteiger partial charge on any atom is 0.137 e. The number of likely N-dealkylation sites (tertiary alicyclic amines) is 1. The van der Waals surface area contributed by atoms with Crippen LogP contribution in [0.25, 0.3) is 0 Å². The van der Waals surface area contributed by atoms with Crippen molar-refractivity contribution in [3.8, 4) is 6.07 Å². The van der Waals surface area contributed by atoms with Crippen LogP contribution in [0, 0.1) is 17.2 Å². The first-order valence-corrected chi connectivity index (χ1v) is 7.95. The van der Waals surface area contributed by atoms with Gasteiger partial charge in [0, 0.05) is 13.1 Å². The van der Waals surface area contributed by atoms with Gasteiger partial charge in [-0.25, -0.2) is 0 Å². The molecule has 1 saturated heterocycles. The molecule has 0 bridgehead atoms. The maximum atomic E-state index is 9.32. The van der Waals surface area contributed by atoms with Crippen LogP contribution in [0.1, 0.15) is 44.9 Å². The molecule has 0 N–H and O–H groups in total. The quantitative estimate of drug-likeness (QED) is 0.715. The van der Waals surface area contributed by atoms with Crippen molar-refractivity contribution >= 4 is 28.3 Å². The third kappa shape index (κ3) is 3.59. The Labute approximate surface area is 114 Å². The highest BCUT2D eigenvalue weighted by molar-refractivity contribution is 8.23. The van der Waals surface area contributed by atoms with E-state index in [0.29, 0.717) is 5.92 Å². The second-order valence-electron chi connectivity index (χ2n) is 5.03. The molecule has 17 heavy (non-hydrogen) atoms. The fourth-order valence-corrected chi connectivity index (χ4v) is 4.31. The van der Waals surface area contributed by atoms with Crippen LogP contribution in [0.5, 0.6) is 0 Å². The highest BCUT2D eigenvalue weighted by Crippen LogP contribution is 2.34. The van der Waals surface area contributed by atoms with Gasteiger partial charge in [-0.15, -0.1) is 0 Å². The zero-order chi connectivity index (χ0) is 12.1. The summed E-state index contributed by atoms with van der Waals surface area (Å²) in [6.07, 6.45) is 8.86. The van der Waals surface area contributed by atoms with E-state index in [9.17, 15) is 5.26 Å². The minimum Gasteiger partial charge on any atom is -0.357 e. The Balaban J connectivity index is 1.85. The summed E-state index contributed by atoms with van der Waals surface area (Å²) in [4.78, 5) is 2.27. The van der Waals surface area contributed by atoms with E-state index in [2.05, 4.69) is 11.0 Å². The number of thiocarbonyl (C=S) groups is 1. The number of nitriles is 1. The zero-order valence-electron chi connectivity index (χ0n) is 10.2.